The molecule has 3 unspecified atom stereocenters. The lowest BCUT2D eigenvalue weighted by Crippen LogP contribution is -2.40. The fourth-order valence-electron chi connectivity index (χ4n) is 3.77. The SMILES string of the molecule is c1ccc2c(c1)CNCCC2NC1CCOC1C1CC1. The molecular formula is C17H24N2O. The van der Waals surface area contributed by atoms with Gasteiger partial charge in [-0.1, -0.05) is 24.3 Å². The average molecular weight is 272 g/mol. The number of ether oxygens (including phenoxy) is 1. The zero-order valence-electron chi connectivity index (χ0n) is 12.0. The molecule has 2 heterocycles. The minimum Gasteiger partial charge on any atom is -0.376 e. The molecule has 20 heavy (non-hydrogen) atoms. The maximum absolute atomic E-state index is 5.97. The molecule has 1 aromatic carbocycles. The second kappa shape index (κ2) is 5.47. The van der Waals surface area contributed by atoms with Gasteiger partial charge in [0.2, 0.25) is 0 Å². The molecule has 2 fully saturated rings. The van der Waals surface area contributed by atoms with Gasteiger partial charge >= 0.3 is 0 Å². The molecule has 0 spiro atoms. The molecule has 0 radical (unpaired) electrons. The van der Waals surface area contributed by atoms with Crippen molar-refractivity contribution in [2.24, 2.45) is 5.92 Å². The van der Waals surface area contributed by atoms with Crippen LogP contribution in [-0.4, -0.2) is 25.3 Å². The lowest BCUT2D eigenvalue weighted by molar-refractivity contribution is 0.0786. The first kappa shape index (κ1) is 12.8. The van der Waals surface area contributed by atoms with Crippen LogP contribution >= 0.6 is 0 Å². The molecular weight excluding hydrogens is 248 g/mol. The Bertz CT molecular complexity index is 472. The summed E-state index contributed by atoms with van der Waals surface area (Å²) in [5.41, 5.74) is 2.93. The fourth-order valence-corrected chi connectivity index (χ4v) is 3.77. The highest BCUT2D eigenvalue weighted by atomic mass is 16.5. The molecule has 108 valence electrons. The Balaban J connectivity index is 1.52. The van der Waals surface area contributed by atoms with Crippen LogP contribution in [-0.2, 0) is 11.3 Å². The van der Waals surface area contributed by atoms with Crippen molar-refractivity contribution < 1.29 is 4.74 Å². The summed E-state index contributed by atoms with van der Waals surface area (Å²) in [6.07, 6.45) is 5.55. The van der Waals surface area contributed by atoms with Crippen molar-refractivity contribution in [3.8, 4) is 0 Å². The van der Waals surface area contributed by atoms with Gasteiger partial charge in [-0.05, 0) is 49.3 Å². The normalized spacial score (nSPS) is 33.7. The summed E-state index contributed by atoms with van der Waals surface area (Å²) in [5.74, 6) is 0.828. The van der Waals surface area contributed by atoms with Crippen LogP contribution in [0.5, 0.6) is 0 Å². The van der Waals surface area contributed by atoms with Crippen LogP contribution < -0.4 is 10.6 Å². The van der Waals surface area contributed by atoms with E-state index in [1.54, 1.807) is 0 Å². The van der Waals surface area contributed by atoms with Crippen LogP contribution in [0.1, 0.15) is 42.9 Å². The third kappa shape index (κ3) is 2.50. The average Bonchev–Trinajstić information content (AvgIpc) is 3.25. The van der Waals surface area contributed by atoms with Gasteiger partial charge in [-0.3, -0.25) is 0 Å². The summed E-state index contributed by atoms with van der Waals surface area (Å²) in [5, 5.41) is 7.45. The Kier molecular flexibility index (Phi) is 3.51. The monoisotopic (exact) mass is 272 g/mol. The second-order valence-corrected chi connectivity index (χ2v) is 6.45. The van der Waals surface area contributed by atoms with E-state index < -0.39 is 0 Å². The summed E-state index contributed by atoms with van der Waals surface area (Å²) < 4.78 is 5.97. The minimum atomic E-state index is 0.471. The molecule has 0 aromatic heterocycles. The number of benzene rings is 1. The number of hydrogen-bond acceptors (Lipinski definition) is 3. The van der Waals surface area contributed by atoms with E-state index in [4.69, 9.17) is 4.74 Å². The van der Waals surface area contributed by atoms with Crippen molar-refractivity contribution in [3.05, 3.63) is 35.4 Å². The van der Waals surface area contributed by atoms with Gasteiger partial charge in [-0.2, -0.15) is 0 Å². The lowest BCUT2D eigenvalue weighted by atomic mass is 9.96. The van der Waals surface area contributed by atoms with Gasteiger partial charge in [0.25, 0.3) is 0 Å². The lowest BCUT2D eigenvalue weighted by Gasteiger charge is -2.26. The van der Waals surface area contributed by atoms with Gasteiger partial charge < -0.3 is 15.4 Å². The number of rotatable bonds is 3. The summed E-state index contributed by atoms with van der Waals surface area (Å²) in [7, 11) is 0. The van der Waals surface area contributed by atoms with E-state index >= 15 is 0 Å². The standard InChI is InChI=1S/C17H24N2O/c1-2-4-14-13(3-1)11-18-9-7-15(14)19-16-8-10-20-17(16)12-5-6-12/h1-4,12,15-19H,5-11H2. The first-order valence-corrected chi connectivity index (χ1v) is 8.08. The quantitative estimate of drug-likeness (QED) is 0.886. The Morgan fingerprint density at radius 3 is 2.90 bits per heavy atom. The van der Waals surface area contributed by atoms with E-state index in [-0.39, 0.29) is 0 Å². The molecule has 2 aliphatic heterocycles. The predicted octanol–water partition coefficient (Wildman–Crippen LogP) is 2.38. The van der Waals surface area contributed by atoms with Crippen LogP contribution in [0.25, 0.3) is 0 Å². The van der Waals surface area contributed by atoms with E-state index in [0.29, 0.717) is 18.2 Å². The van der Waals surface area contributed by atoms with Gasteiger partial charge in [-0.15, -0.1) is 0 Å². The molecule has 3 atom stereocenters. The molecule has 1 aromatic rings. The molecule has 3 aliphatic rings. The van der Waals surface area contributed by atoms with Crippen molar-refractivity contribution in [1.29, 1.82) is 0 Å². The van der Waals surface area contributed by atoms with Gasteiger partial charge in [0, 0.05) is 25.2 Å². The molecule has 1 saturated carbocycles. The maximum Gasteiger partial charge on any atom is 0.0757 e. The minimum absolute atomic E-state index is 0.471. The topological polar surface area (TPSA) is 33.3 Å². The van der Waals surface area contributed by atoms with Gasteiger partial charge in [0.15, 0.2) is 0 Å². The molecule has 4 rings (SSSR count). The van der Waals surface area contributed by atoms with Gasteiger partial charge in [-0.25, -0.2) is 0 Å². The molecule has 1 saturated heterocycles. The summed E-state index contributed by atoms with van der Waals surface area (Å²) in [6, 6.07) is 9.90. The first-order valence-electron chi connectivity index (χ1n) is 8.08. The van der Waals surface area contributed by atoms with E-state index in [1.165, 1.54) is 36.8 Å². The van der Waals surface area contributed by atoms with Crippen molar-refractivity contribution >= 4 is 0 Å². The van der Waals surface area contributed by atoms with Gasteiger partial charge in [0.1, 0.15) is 0 Å². The molecule has 3 heteroatoms. The summed E-state index contributed by atoms with van der Waals surface area (Å²) >= 11 is 0. The maximum atomic E-state index is 5.97. The van der Waals surface area contributed by atoms with Crippen LogP contribution in [0.3, 0.4) is 0 Å². The Labute approximate surface area is 121 Å². The summed E-state index contributed by atoms with van der Waals surface area (Å²) in [6.45, 7) is 3.03. The zero-order valence-corrected chi connectivity index (χ0v) is 12.0. The second-order valence-electron chi connectivity index (χ2n) is 6.45. The van der Waals surface area contributed by atoms with E-state index in [2.05, 4.69) is 34.9 Å². The third-order valence-corrected chi connectivity index (χ3v) is 4.99. The molecule has 2 N–H and O–H groups in total. The van der Waals surface area contributed by atoms with Crippen molar-refractivity contribution in [2.75, 3.05) is 13.2 Å². The molecule has 3 nitrogen and oxygen atoms in total. The van der Waals surface area contributed by atoms with Crippen LogP contribution in [0.2, 0.25) is 0 Å². The van der Waals surface area contributed by atoms with Crippen LogP contribution in [0.15, 0.2) is 24.3 Å². The number of nitrogens with one attached hydrogen (secondary N) is 2. The van der Waals surface area contributed by atoms with Crippen LogP contribution in [0.4, 0.5) is 0 Å². The van der Waals surface area contributed by atoms with Crippen molar-refractivity contribution in [3.63, 3.8) is 0 Å². The summed E-state index contributed by atoms with van der Waals surface area (Å²) in [4.78, 5) is 0. The first-order chi connectivity index (χ1) is 9.92. The highest BCUT2D eigenvalue weighted by molar-refractivity contribution is 5.31. The zero-order chi connectivity index (χ0) is 13.4. The largest absolute Gasteiger partial charge is 0.376 e. The van der Waals surface area contributed by atoms with Crippen molar-refractivity contribution in [2.45, 2.75) is 50.4 Å². The van der Waals surface area contributed by atoms with E-state index in [0.717, 1.165) is 25.6 Å². The number of hydrogen-bond donors (Lipinski definition) is 2. The highest BCUT2D eigenvalue weighted by Crippen LogP contribution is 2.39. The van der Waals surface area contributed by atoms with Crippen molar-refractivity contribution in [1.82, 2.24) is 10.6 Å². The fraction of sp³-hybridized carbons (Fsp3) is 0.647. The third-order valence-electron chi connectivity index (χ3n) is 4.99. The predicted molar refractivity (Wildman–Crippen MR) is 79.5 cm³/mol. The number of fused-ring (bicyclic) bond motifs is 1. The van der Waals surface area contributed by atoms with Crippen LogP contribution in [0, 0.1) is 5.92 Å². The molecule has 1 aliphatic carbocycles. The van der Waals surface area contributed by atoms with E-state index in [9.17, 15) is 0 Å². The van der Waals surface area contributed by atoms with E-state index in [1.807, 2.05) is 0 Å². The molecule has 0 amide bonds. The Hall–Kier alpha value is -0.900. The highest BCUT2D eigenvalue weighted by Gasteiger charge is 2.41. The smallest absolute Gasteiger partial charge is 0.0757 e. The Morgan fingerprint density at radius 2 is 2.00 bits per heavy atom. The Morgan fingerprint density at radius 1 is 1.10 bits per heavy atom. The molecule has 0 bridgehead atoms. The van der Waals surface area contributed by atoms with Gasteiger partial charge in [0.05, 0.1) is 6.10 Å².